The van der Waals surface area contributed by atoms with Crippen molar-refractivity contribution in [1.29, 1.82) is 0 Å². The Morgan fingerprint density at radius 1 is 1.15 bits per heavy atom. The summed E-state index contributed by atoms with van der Waals surface area (Å²) >= 11 is 6.26. The van der Waals surface area contributed by atoms with E-state index in [-0.39, 0.29) is 47.2 Å². The van der Waals surface area contributed by atoms with Crippen molar-refractivity contribution in [3.05, 3.63) is 77.2 Å². The molecule has 0 atom stereocenters. The number of ether oxygens (including phenoxy) is 1. The normalized spacial score (nSPS) is 15.4. The molecule has 13 nitrogen and oxygen atoms in total. The molecule has 2 aliphatic heterocycles. The number of nitrogens with zero attached hydrogens (tertiary/aromatic N) is 7. The van der Waals surface area contributed by atoms with Gasteiger partial charge in [0, 0.05) is 63.3 Å². The quantitative estimate of drug-likeness (QED) is 0.246. The van der Waals surface area contributed by atoms with Crippen LogP contribution in [0.4, 0.5) is 14.9 Å². The zero-order valence-electron chi connectivity index (χ0n) is 26.1. The number of carbonyl (C=O) groups excluding carboxylic acids is 4. The molecule has 0 unspecified atom stereocenters. The first kappa shape index (κ1) is 33.4. The van der Waals surface area contributed by atoms with E-state index in [2.05, 4.69) is 15.5 Å². The summed E-state index contributed by atoms with van der Waals surface area (Å²) in [5, 5.41) is 10.2. The van der Waals surface area contributed by atoms with Gasteiger partial charge in [-0.3, -0.25) is 14.4 Å². The lowest BCUT2D eigenvalue weighted by molar-refractivity contribution is -0.135. The van der Waals surface area contributed by atoms with Crippen LogP contribution in [0.25, 0.3) is 5.57 Å². The summed E-state index contributed by atoms with van der Waals surface area (Å²) in [6.07, 6.45) is 6.49. The highest BCUT2D eigenvalue weighted by Crippen LogP contribution is 2.29. The summed E-state index contributed by atoms with van der Waals surface area (Å²) in [5.74, 6) is -0.858. The van der Waals surface area contributed by atoms with E-state index in [1.165, 1.54) is 42.0 Å². The third-order valence-electron chi connectivity index (χ3n) is 8.42. The molecule has 1 N–H and O–H groups in total. The van der Waals surface area contributed by atoms with E-state index in [9.17, 15) is 23.6 Å². The van der Waals surface area contributed by atoms with Gasteiger partial charge in [-0.25, -0.2) is 9.18 Å². The van der Waals surface area contributed by atoms with Gasteiger partial charge < -0.3 is 34.2 Å². The number of carbonyl (C=O) groups is 4. The largest absolute Gasteiger partial charge is 0.497 e. The predicted octanol–water partition coefficient (Wildman–Crippen LogP) is 3.12. The molecule has 5 rings (SSSR count). The Hall–Kier alpha value is -4.98. The second kappa shape index (κ2) is 15.1. The van der Waals surface area contributed by atoms with Gasteiger partial charge in [0.1, 0.15) is 30.8 Å². The van der Waals surface area contributed by atoms with E-state index in [1.54, 1.807) is 23.6 Å². The first-order valence-electron chi connectivity index (χ1n) is 15.2. The van der Waals surface area contributed by atoms with Crippen molar-refractivity contribution in [3.8, 4) is 5.75 Å². The van der Waals surface area contributed by atoms with Crippen LogP contribution in [0.3, 0.4) is 0 Å². The summed E-state index contributed by atoms with van der Waals surface area (Å²) in [6, 6.07) is 9.37. The Labute approximate surface area is 276 Å². The van der Waals surface area contributed by atoms with Gasteiger partial charge in [-0.15, -0.1) is 10.2 Å². The van der Waals surface area contributed by atoms with Gasteiger partial charge in [0.05, 0.1) is 17.7 Å². The summed E-state index contributed by atoms with van der Waals surface area (Å²) in [4.78, 5) is 58.1. The average Bonchev–Trinajstić information content (AvgIpc) is 3.55. The fraction of sp³-hybridized carbons (Fsp3) is 0.375. The van der Waals surface area contributed by atoms with E-state index in [4.69, 9.17) is 16.3 Å². The molecule has 2 aromatic carbocycles. The molecule has 2 aliphatic rings. The number of aromatic nitrogens is 3. The van der Waals surface area contributed by atoms with E-state index >= 15 is 0 Å². The van der Waals surface area contributed by atoms with Crippen LogP contribution < -0.4 is 10.1 Å². The molecule has 15 heteroatoms. The zero-order valence-corrected chi connectivity index (χ0v) is 26.9. The molecule has 1 aromatic heterocycles. The topological polar surface area (TPSA) is 133 Å². The van der Waals surface area contributed by atoms with Gasteiger partial charge in [-0.2, -0.15) is 0 Å². The van der Waals surface area contributed by atoms with Crippen LogP contribution in [-0.2, 0) is 27.3 Å². The molecular weight excluding hydrogens is 631 g/mol. The molecule has 47 heavy (non-hydrogen) atoms. The highest BCUT2D eigenvalue weighted by atomic mass is 35.5. The molecule has 0 radical (unpaired) electrons. The molecule has 3 aromatic rings. The minimum Gasteiger partial charge on any atom is -0.497 e. The van der Waals surface area contributed by atoms with E-state index < -0.39 is 11.7 Å². The lowest BCUT2D eigenvalue weighted by Crippen LogP contribution is -2.51. The number of piperidine rings is 1. The fourth-order valence-electron chi connectivity index (χ4n) is 5.73. The van der Waals surface area contributed by atoms with Crippen LogP contribution in [0.15, 0.2) is 55.3 Å². The maximum atomic E-state index is 14.4. The van der Waals surface area contributed by atoms with Gasteiger partial charge in [0.2, 0.25) is 12.3 Å². The number of likely N-dealkylation sites (tertiary alicyclic amines) is 1. The third-order valence-corrected chi connectivity index (χ3v) is 8.81. The number of amides is 5. The second-order valence-electron chi connectivity index (χ2n) is 11.4. The van der Waals surface area contributed by atoms with Gasteiger partial charge >= 0.3 is 6.03 Å². The number of rotatable bonds is 11. The number of nitrogens with one attached hydrogen (secondary N) is 1. The Kier molecular flexibility index (Phi) is 10.7. The first-order valence-corrected chi connectivity index (χ1v) is 15.5. The van der Waals surface area contributed by atoms with Crippen molar-refractivity contribution in [2.75, 3.05) is 52.2 Å². The van der Waals surface area contributed by atoms with E-state index in [0.717, 1.165) is 21.9 Å². The number of hydrogen-bond acceptors (Lipinski definition) is 7. The molecule has 248 valence electrons. The van der Waals surface area contributed by atoms with Gasteiger partial charge in [-0.1, -0.05) is 23.7 Å². The Bertz CT molecular complexity index is 1640. The van der Waals surface area contributed by atoms with Gasteiger partial charge in [0.15, 0.2) is 0 Å². The lowest BCUT2D eigenvalue weighted by atomic mass is 10.0. The van der Waals surface area contributed by atoms with E-state index in [1.807, 2.05) is 23.1 Å². The van der Waals surface area contributed by atoms with Crippen molar-refractivity contribution in [2.45, 2.75) is 31.8 Å². The van der Waals surface area contributed by atoms with Crippen LogP contribution in [-0.4, -0.2) is 112 Å². The maximum Gasteiger partial charge on any atom is 0.322 e. The Morgan fingerprint density at radius 2 is 1.89 bits per heavy atom. The monoisotopic (exact) mass is 666 g/mol. The zero-order chi connectivity index (χ0) is 33.5. The summed E-state index contributed by atoms with van der Waals surface area (Å²) in [5.41, 5.74) is 1.79. The lowest BCUT2D eigenvalue weighted by Gasteiger charge is -2.38. The smallest absolute Gasteiger partial charge is 0.322 e. The number of hydrogen-bond donors (Lipinski definition) is 1. The van der Waals surface area contributed by atoms with Crippen molar-refractivity contribution in [2.24, 2.45) is 0 Å². The second-order valence-corrected chi connectivity index (χ2v) is 11.7. The molecule has 0 spiro atoms. The van der Waals surface area contributed by atoms with Gasteiger partial charge in [-0.05, 0) is 49.1 Å². The molecule has 0 bridgehead atoms. The van der Waals surface area contributed by atoms with Crippen molar-refractivity contribution < 1.29 is 28.3 Å². The average molecular weight is 667 g/mol. The van der Waals surface area contributed by atoms with Crippen molar-refractivity contribution in [3.63, 3.8) is 0 Å². The molecule has 3 heterocycles. The third kappa shape index (κ3) is 7.88. The molecule has 5 amide bonds. The fourth-order valence-corrected chi connectivity index (χ4v) is 5.96. The van der Waals surface area contributed by atoms with E-state index in [0.29, 0.717) is 51.9 Å². The highest BCUT2D eigenvalue weighted by molar-refractivity contribution is 6.35. The number of anilines is 1. The molecular formula is C32H36ClFN8O5. The Morgan fingerprint density at radius 3 is 2.60 bits per heavy atom. The number of benzene rings is 2. The SMILES string of the molecule is COc1ccc2c(c1)CCN(C1CCN(C(=O)CN(C=O)/C=C(\C(=O)N(C)CCn3cnnc3)c3cccc(F)c3Cl)CC1)C(=O)N2. The van der Waals surface area contributed by atoms with Crippen LogP contribution in [0.2, 0.25) is 5.02 Å². The number of urea groups is 1. The van der Waals surface area contributed by atoms with Crippen molar-refractivity contribution in [1.82, 2.24) is 34.4 Å². The number of methoxy groups -OCH3 is 1. The number of halogens is 2. The minimum atomic E-state index is -0.728. The minimum absolute atomic E-state index is 0.0508. The maximum absolute atomic E-state index is 14.4. The van der Waals surface area contributed by atoms with Crippen LogP contribution in [0.1, 0.15) is 24.0 Å². The summed E-state index contributed by atoms with van der Waals surface area (Å²) in [7, 11) is 3.17. The predicted molar refractivity (Wildman–Crippen MR) is 172 cm³/mol. The van der Waals surface area contributed by atoms with Gasteiger partial charge in [0.25, 0.3) is 5.91 Å². The number of likely N-dealkylation sites (N-methyl/N-ethyl adjacent to an activating group) is 1. The molecule has 1 fully saturated rings. The standard InChI is InChI=1S/C32H36ClFN8O5/c1-38(14-15-39-19-35-36-20-39)31(45)26(25-4-3-5-27(34)30(25)33)17-40(21-43)18-29(44)41-11-9-23(10-12-41)42-13-8-22-16-24(47-2)6-7-28(22)37-32(42)46/h3-7,16-17,19-21,23H,8-15,18H2,1-2H3,(H,37,46)/b26-17-. The highest BCUT2D eigenvalue weighted by Gasteiger charge is 2.32. The van der Waals surface area contributed by atoms with Crippen molar-refractivity contribution >= 4 is 47.1 Å². The van der Waals surface area contributed by atoms with Crippen LogP contribution in [0, 0.1) is 5.82 Å². The summed E-state index contributed by atoms with van der Waals surface area (Å²) in [6.45, 7) is 1.61. The van der Waals surface area contributed by atoms with Crippen LogP contribution >= 0.6 is 11.6 Å². The molecule has 1 saturated heterocycles. The molecule has 0 saturated carbocycles. The molecule has 0 aliphatic carbocycles. The summed E-state index contributed by atoms with van der Waals surface area (Å²) < 4.78 is 21.5. The van der Waals surface area contributed by atoms with Crippen LogP contribution in [0.5, 0.6) is 5.75 Å². The first-order chi connectivity index (χ1) is 22.7. The Balaban J connectivity index is 1.24. The number of fused-ring (bicyclic) bond motifs is 1.